The van der Waals surface area contributed by atoms with Crippen molar-refractivity contribution in [3.63, 3.8) is 0 Å². The number of rotatable bonds is 8. The Morgan fingerprint density at radius 1 is 0.852 bits per heavy atom. The molecule has 3 aromatic rings. The van der Waals surface area contributed by atoms with E-state index in [4.69, 9.17) is 15.2 Å². The predicted molar refractivity (Wildman–Crippen MR) is 106 cm³/mol. The number of hydrogen-bond acceptors (Lipinski definition) is 4. The molecule has 1 atom stereocenters. The number of para-hydroxylation sites is 1. The number of anilines is 1. The van der Waals surface area contributed by atoms with Crippen LogP contribution in [-0.2, 0) is 16.1 Å². The summed E-state index contributed by atoms with van der Waals surface area (Å²) < 4.78 is 11.2. The fourth-order valence-corrected chi connectivity index (χ4v) is 2.42. The van der Waals surface area contributed by atoms with Crippen LogP contribution in [0.5, 0.6) is 11.5 Å². The van der Waals surface area contributed by atoms with Crippen molar-refractivity contribution in [1.82, 2.24) is 0 Å². The highest BCUT2D eigenvalue weighted by Crippen LogP contribution is 2.22. The summed E-state index contributed by atoms with van der Waals surface area (Å²) >= 11 is 0. The smallest absolute Gasteiger partial charge is 0.243 e. The van der Waals surface area contributed by atoms with Crippen molar-refractivity contribution in [3.05, 3.63) is 90.5 Å². The third kappa shape index (κ3) is 5.95. The van der Waals surface area contributed by atoms with Crippen LogP contribution in [0.4, 0.5) is 5.69 Å². The SMILES string of the molecule is N[C@@H](COCc1ccccc1)C(=O)Nc1ccc(Oc2ccccc2)cc1. The first-order valence-electron chi connectivity index (χ1n) is 8.72. The summed E-state index contributed by atoms with van der Waals surface area (Å²) in [6.07, 6.45) is 0. The van der Waals surface area contributed by atoms with E-state index in [2.05, 4.69) is 5.32 Å². The topological polar surface area (TPSA) is 73.6 Å². The molecule has 0 aliphatic heterocycles. The van der Waals surface area contributed by atoms with Crippen LogP contribution in [-0.4, -0.2) is 18.6 Å². The number of carbonyl (C=O) groups excluding carboxylic acids is 1. The molecule has 1 amide bonds. The van der Waals surface area contributed by atoms with E-state index in [1.165, 1.54) is 0 Å². The van der Waals surface area contributed by atoms with Gasteiger partial charge in [0.25, 0.3) is 0 Å². The lowest BCUT2D eigenvalue weighted by molar-refractivity contribution is -0.118. The molecular formula is C22H22N2O3. The molecule has 3 aromatic carbocycles. The van der Waals surface area contributed by atoms with E-state index >= 15 is 0 Å². The van der Waals surface area contributed by atoms with Crippen molar-refractivity contribution in [2.75, 3.05) is 11.9 Å². The molecule has 27 heavy (non-hydrogen) atoms. The maximum Gasteiger partial charge on any atom is 0.243 e. The summed E-state index contributed by atoms with van der Waals surface area (Å²) in [6.45, 7) is 0.573. The normalized spacial score (nSPS) is 11.6. The molecule has 0 fully saturated rings. The summed E-state index contributed by atoms with van der Waals surface area (Å²) in [5, 5.41) is 2.78. The number of hydrogen-bond donors (Lipinski definition) is 2. The van der Waals surface area contributed by atoms with E-state index in [1.807, 2.05) is 60.7 Å². The molecule has 0 radical (unpaired) electrons. The van der Waals surface area contributed by atoms with Gasteiger partial charge in [-0.2, -0.15) is 0 Å². The van der Waals surface area contributed by atoms with Crippen molar-refractivity contribution in [3.8, 4) is 11.5 Å². The predicted octanol–water partition coefficient (Wildman–Crippen LogP) is 3.96. The minimum absolute atomic E-state index is 0.149. The van der Waals surface area contributed by atoms with Crippen LogP contribution in [0.2, 0.25) is 0 Å². The Morgan fingerprint density at radius 2 is 1.44 bits per heavy atom. The van der Waals surface area contributed by atoms with Crippen LogP contribution in [0, 0.1) is 0 Å². The lowest BCUT2D eigenvalue weighted by Crippen LogP contribution is -2.39. The van der Waals surface area contributed by atoms with Crippen LogP contribution < -0.4 is 15.8 Å². The van der Waals surface area contributed by atoms with E-state index in [-0.39, 0.29) is 12.5 Å². The highest BCUT2D eigenvalue weighted by molar-refractivity contribution is 5.94. The van der Waals surface area contributed by atoms with Gasteiger partial charge in [0.1, 0.15) is 17.5 Å². The van der Waals surface area contributed by atoms with Gasteiger partial charge in [0.05, 0.1) is 13.2 Å². The average molecular weight is 362 g/mol. The third-order valence-electron chi connectivity index (χ3n) is 3.85. The molecular weight excluding hydrogens is 340 g/mol. The quantitative estimate of drug-likeness (QED) is 0.636. The first kappa shape index (κ1) is 18.6. The first-order valence-corrected chi connectivity index (χ1v) is 8.72. The molecule has 0 saturated carbocycles. The van der Waals surface area contributed by atoms with Crippen LogP contribution >= 0.6 is 0 Å². The third-order valence-corrected chi connectivity index (χ3v) is 3.85. The number of nitrogens with two attached hydrogens (primary N) is 1. The van der Waals surface area contributed by atoms with Gasteiger partial charge in [0.2, 0.25) is 5.91 Å². The summed E-state index contributed by atoms with van der Waals surface area (Å²) in [4.78, 5) is 12.2. The minimum atomic E-state index is -0.742. The average Bonchev–Trinajstić information content (AvgIpc) is 2.71. The summed E-state index contributed by atoms with van der Waals surface area (Å²) in [6, 6.07) is 25.6. The van der Waals surface area contributed by atoms with E-state index in [9.17, 15) is 4.79 Å². The minimum Gasteiger partial charge on any atom is -0.457 e. The Bertz CT molecular complexity index is 836. The molecule has 0 bridgehead atoms. The van der Waals surface area contributed by atoms with Crippen molar-refractivity contribution in [2.45, 2.75) is 12.6 Å². The molecule has 0 unspecified atom stereocenters. The van der Waals surface area contributed by atoms with E-state index in [0.717, 1.165) is 11.3 Å². The molecule has 138 valence electrons. The van der Waals surface area contributed by atoms with Gasteiger partial charge in [-0.15, -0.1) is 0 Å². The van der Waals surface area contributed by atoms with E-state index in [0.29, 0.717) is 18.0 Å². The fraction of sp³-hybridized carbons (Fsp3) is 0.136. The summed E-state index contributed by atoms with van der Waals surface area (Å²) in [7, 11) is 0. The molecule has 0 aromatic heterocycles. The maximum absolute atomic E-state index is 12.2. The Balaban J connectivity index is 1.45. The number of amides is 1. The zero-order valence-corrected chi connectivity index (χ0v) is 14.9. The second kappa shape index (κ2) is 9.52. The number of nitrogens with one attached hydrogen (secondary N) is 1. The van der Waals surface area contributed by atoms with Crippen LogP contribution in [0.25, 0.3) is 0 Å². The van der Waals surface area contributed by atoms with E-state index in [1.54, 1.807) is 24.3 Å². The molecule has 0 heterocycles. The van der Waals surface area contributed by atoms with Crippen molar-refractivity contribution >= 4 is 11.6 Å². The molecule has 5 heteroatoms. The van der Waals surface area contributed by atoms with Gasteiger partial charge in [-0.05, 0) is 42.0 Å². The van der Waals surface area contributed by atoms with Crippen LogP contribution in [0.15, 0.2) is 84.9 Å². The van der Waals surface area contributed by atoms with Gasteiger partial charge in [-0.25, -0.2) is 0 Å². The van der Waals surface area contributed by atoms with Crippen molar-refractivity contribution in [1.29, 1.82) is 0 Å². The molecule has 0 aliphatic carbocycles. The lowest BCUT2D eigenvalue weighted by Gasteiger charge is -2.13. The molecule has 3 N–H and O–H groups in total. The Kier molecular flexibility index (Phi) is 6.57. The van der Waals surface area contributed by atoms with Gasteiger partial charge in [0, 0.05) is 5.69 Å². The van der Waals surface area contributed by atoms with Gasteiger partial charge in [-0.3, -0.25) is 4.79 Å². The highest BCUT2D eigenvalue weighted by atomic mass is 16.5. The zero-order chi connectivity index (χ0) is 18.9. The number of benzene rings is 3. The Hall–Kier alpha value is -3.15. The molecule has 3 rings (SSSR count). The maximum atomic E-state index is 12.2. The summed E-state index contributed by atoms with van der Waals surface area (Å²) in [5.74, 6) is 1.15. The Labute approximate surface area is 158 Å². The van der Waals surface area contributed by atoms with Gasteiger partial charge in [-0.1, -0.05) is 48.5 Å². The van der Waals surface area contributed by atoms with Gasteiger partial charge in [0.15, 0.2) is 0 Å². The summed E-state index contributed by atoms with van der Waals surface area (Å²) in [5.41, 5.74) is 7.59. The second-order valence-corrected chi connectivity index (χ2v) is 6.04. The van der Waals surface area contributed by atoms with Gasteiger partial charge >= 0.3 is 0 Å². The molecule has 5 nitrogen and oxygen atoms in total. The fourth-order valence-electron chi connectivity index (χ4n) is 2.42. The Morgan fingerprint density at radius 3 is 2.11 bits per heavy atom. The first-order chi connectivity index (χ1) is 13.2. The van der Waals surface area contributed by atoms with Crippen molar-refractivity contribution in [2.24, 2.45) is 5.73 Å². The molecule has 0 saturated heterocycles. The van der Waals surface area contributed by atoms with E-state index < -0.39 is 6.04 Å². The van der Waals surface area contributed by atoms with Crippen molar-refractivity contribution < 1.29 is 14.3 Å². The molecule has 0 spiro atoms. The van der Waals surface area contributed by atoms with Crippen LogP contribution in [0.3, 0.4) is 0 Å². The molecule has 0 aliphatic rings. The largest absolute Gasteiger partial charge is 0.457 e. The monoisotopic (exact) mass is 362 g/mol. The number of ether oxygens (including phenoxy) is 2. The van der Waals surface area contributed by atoms with Gasteiger partial charge < -0.3 is 20.5 Å². The highest BCUT2D eigenvalue weighted by Gasteiger charge is 2.14. The standard InChI is InChI=1S/C22H22N2O3/c23-21(16-26-15-17-7-3-1-4-8-17)22(25)24-18-11-13-20(14-12-18)27-19-9-5-2-6-10-19/h1-14,21H,15-16,23H2,(H,24,25)/t21-/m0/s1. The second-order valence-electron chi connectivity index (χ2n) is 6.04. The van der Waals surface area contributed by atoms with Crippen LogP contribution in [0.1, 0.15) is 5.56 Å². The number of carbonyl (C=O) groups is 1. The lowest BCUT2D eigenvalue weighted by atomic mass is 10.2. The zero-order valence-electron chi connectivity index (χ0n) is 14.9.